The van der Waals surface area contributed by atoms with Gasteiger partial charge in [0, 0.05) is 30.9 Å². The Labute approximate surface area is 154 Å². The van der Waals surface area contributed by atoms with Crippen molar-refractivity contribution in [1.29, 1.82) is 5.26 Å². The monoisotopic (exact) mass is 372 g/mol. The van der Waals surface area contributed by atoms with E-state index < -0.39 is 0 Å². The van der Waals surface area contributed by atoms with Gasteiger partial charge < -0.3 is 14.5 Å². The van der Waals surface area contributed by atoms with Crippen molar-refractivity contribution in [3.8, 4) is 6.07 Å². The van der Waals surface area contributed by atoms with Crippen LogP contribution in [-0.4, -0.2) is 43.7 Å². The predicted molar refractivity (Wildman–Crippen MR) is 96.0 cm³/mol. The lowest BCUT2D eigenvalue weighted by Gasteiger charge is -2.26. The Kier molecular flexibility index (Phi) is 4.57. The number of morpholine rings is 1. The first kappa shape index (κ1) is 16.9. The zero-order valence-electron chi connectivity index (χ0n) is 14.1. The number of carbonyl (C=O) groups is 1. The van der Waals surface area contributed by atoms with E-state index in [1.807, 2.05) is 0 Å². The number of nitriles is 1. The van der Waals surface area contributed by atoms with E-state index in [4.69, 9.17) is 4.74 Å². The Morgan fingerprint density at radius 1 is 1.35 bits per heavy atom. The van der Waals surface area contributed by atoms with Gasteiger partial charge in [-0.2, -0.15) is 5.26 Å². The number of halogens is 1. The van der Waals surface area contributed by atoms with Crippen molar-refractivity contribution in [2.75, 3.05) is 42.6 Å². The van der Waals surface area contributed by atoms with E-state index >= 15 is 0 Å². The van der Waals surface area contributed by atoms with E-state index in [1.165, 1.54) is 17.4 Å². The summed E-state index contributed by atoms with van der Waals surface area (Å²) in [5.74, 6) is -0.441. The molecule has 0 bridgehead atoms. The zero-order valence-corrected chi connectivity index (χ0v) is 14.9. The number of aromatic nitrogens is 1. The molecule has 8 heteroatoms. The van der Waals surface area contributed by atoms with Gasteiger partial charge in [0.2, 0.25) is 5.91 Å². The molecule has 134 valence electrons. The zero-order chi connectivity index (χ0) is 18.1. The molecule has 1 aromatic heterocycles. The molecule has 26 heavy (non-hydrogen) atoms. The van der Waals surface area contributed by atoms with Crippen LogP contribution >= 0.6 is 11.3 Å². The molecule has 1 saturated heterocycles. The van der Waals surface area contributed by atoms with Gasteiger partial charge >= 0.3 is 0 Å². The summed E-state index contributed by atoms with van der Waals surface area (Å²) in [5.41, 5.74) is 1.69. The highest BCUT2D eigenvalue weighted by Gasteiger charge is 2.28. The van der Waals surface area contributed by atoms with Crippen LogP contribution in [-0.2, 0) is 22.4 Å². The molecule has 4 rings (SSSR count). The molecule has 0 spiro atoms. The molecule has 0 saturated carbocycles. The minimum atomic E-state index is -0.279. The summed E-state index contributed by atoms with van der Waals surface area (Å²) in [5, 5.41) is 10.2. The average molecular weight is 372 g/mol. The second-order valence-corrected chi connectivity index (χ2v) is 7.17. The molecule has 3 heterocycles. The van der Waals surface area contributed by atoms with E-state index in [2.05, 4.69) is 16.0 Å². The molecule has 2 aromatic rings. The smallest absolute Gasteiger partial charge is 0.233 e. The van der Waals surface area contributed by atoms with E-state index in [0.717, 1.165) is 18.2 Å². The highest BCUT2D eigenvalue weighted by atomic mass is 32.1. The lowest BCUT2D eigenvalue weighted by atomic mass is 10.1. The van der Waals surface area contributed by atoms with Gasteiger partial charge in [0.05, 0.1) is 25.3 Å². The number of rotatable bonds is 3. The number of hydrogen-bond donors (Lipinski definition) is 0. The summed E-state index contributed by atoms with van der Waals surface area (Å²) >= 11 is 1.31. The van der Waals surface area contributed by atoms with Crippen LogP contribution in [0.1, 0.15) is 16.1 Å². The highest BCUT2D eigenvalue weighted by molar-refractivity contribution is 7.16. The molecule has 2 aliphatic heterocycles. The maximum atomic E-state index is 13.9. The number of thiazole rings is 1. The van der Waals surface area contributed by atoms with Crippen molar-refractivity contribution in [3.63, 3.8) is 0 Å². The normalized spacial score (nSPS) is 16.5. The number of hydrogen-bond acceptors (Lipinski definition) is 6. The third kappa shape index (κ3) is 3.04. The van der Waals surface area contributed by atoms with Crippen LogP contribution in [0.15, 0.2) is 18.2 Å². The molecule has 1 aromatic carbocycles. The highest BCUT2D eigenvalue weighted by Crippen LogP contribution is 2.32. The van der Waals surface area contributed by atoms with Gasteiger partial charge in [-0.05, 0) is 18.6 Å². The first-order valence-electron chi connectivity index (χ1n) is 8.47. The number of carbonyl (C=O) groups excluding carboxylic acids is 1. The molecule has 0 unspecified atom stereocenters. The van der Waals surface area contributed by atoms with Crippen LogP contribution in [0, 0.1) is 17.1 Å². The Morgan fingerprint density at radius 3 is 2.92 bits per heavy atom. The van der Waals surface area contributed by atoms with Crippen LogP contribution in [0.2, 0.25) is 0 Å². The van der Waals surface area contributed by atoms with E-state index in [1.54, 1.807) is 17.0 Å². The first-order chi connectivity index (χ1) is 12.7. The lowest BCUT2D eigenvalue weighted by Crippen LogP contribution is -2.36. The SMILES string of the molecule is N#Cc1sc(N2CCOCC2)nc1CC(=O)N1CCc2c(F)cccc21. The number of anilines is 2. The number of ether oxygens (including phenoxy) is 1. The fourth-order valence-corrected chi connectivity index (χ4v) is 4.26. The molecular formula is C18H17FN4O2S. The number of nitrogens with zero attached hydrogens (tertiary/aromatic N) is 4. The maximum absolute atomic E-state index is 13.9. The molecule has 1 amide bonds. The van der Waals surface area contributed by atoms with Gasteiger partial charge in [0.1, 0.15) is 16.8 Å². The van der Waals surface area contributed by atoms with E-state index in [9.17, 15) is 14.4 Å². The largest absolute Gasteiger partial charge is 0.378 e. The maximum Gasteiger partial charge on any atom is 0.233 e. The molecule has 1 fully saturated rings. The van der Waals surface area contributed by atoms with Crippen LogP contribution in [0.5, 0.6) is 0 Å². The Bertz CT molecular complexity index is 886. The number of fused-ring (bicyclic) bond motifs is 1. The number of amides is 1. The van der Waals surface area contributed by atoms with Crippen LogP contribution in [0.25, 0.3) is 0 Å². The van der Waals surface area contributed by atoms with Crippen molar-refractivity contribution in [2.24, 2.45) is 0 Å². The third-order valence-corrected chi connectivity index (χ3v) is 5.72. The van der Waals surface area contributed by atoms with Crippen molar-refractivity contribution < 1.29 is 13.9 Å². The van der Waals surface area contributed by atoms with Crippen LogP contribution < -0.4 is 9.80 Å². The fourth-order valence-electron chi connectivity index (χ4n) is 3.33. The molecular weight excluding hydrogens is 355 g/mol. The topological polar surface area (TPSA) is 69.5 Å². The summed E-state index contributed by atoms with van der Waals surface area (Å²) in [6, 6.07) is 6.93. The van der Waals surface area contributed by atoms with Crippen molar-refractivity contribution in [1.82, 2.24) is 4.98 Å². The van der Waals surface area contributed by atoms with E-state index in [-0.39, 0.29) is 18.1 Å². The third-order valence-electron chi connectivity index (χ3n) is 4.66. The van der Waals surface area contributed by atoms with Gasteiger partial charge in [-0.15, -0.1) is 0 Å². The van der Waals surface area contributed by atoms with Gasteiger partial charge in [-0.25, -0.2) is 9.37 Å². The molecule has 6 nitrogen and oxygen atoms in total. The minimum absolute atomic E-state index is 0.0414. The summed E-state index contributed by atoms with van der Waals surface area (Å²) in [6.45, 7) is 3.17. The summed E-state index contributed by atoms with van der Waals surface area (Å²) in [4.78, 5) is 21.4. The van der Waals surface area contributed by atoms with Crippen LogP contribution in [0.3, 0.4) is 0 Å². The first-order valence-corrected chi connectivity index (χ1v) is 9.29. The van der Waals surface area contributed by atoms with Gasteiger partial charge in [0.25, 0.3) is 0 Å². The van der Waals surface area contributed by atoms with Gasteiger partial charge in [-0.1, -0.05) is 17.4 Å². The Balaban J connectivity index is 1.54. The van der Waals surface area contributed by atoms with Crippen molar-refractivity contribution >= 4 is 28.1 Å². The van der Waals surface area contributed by atoms with Gasteiger partial charge in [0.15, 0.2) is 5.13 Å². The van der Waals surface area contributed by atoms with Crippen molar-refractivity contribution in [3.05, 3.63) is 40.2 Å². The lowest BCUT2D eigenvalue weighted by molar-refractivity contribution is -0.117. The Hall–Kier alpha value is -2.50. The number of benzene rings is 1. The molecule has 0 N–H and O–H groups in total. The average Bonchev–Trinajstić information content (AvgIpc) is 3.27. The minimum Gasteiger partial charge on any atom is -0.378 e. The van der Waals surface area contributed by atoms with E-state index in [0.29, 0.717) is 48.0 Å². The standard InChI is InChI=1S/C18H17FN4O2S/c19-13-2-1-3-15-12(13)4-5-23(15)17(24)10-14-16(11-20)26-18(21-14)22-6-8-25-9-7-22/h1-3H,4-10H2. The second-order valence-electron chi connectivity index (χ2n) is 6.19. The summed E-state index contributed by atoms with van der Waals surface area (Å²) < 4.78 is 19.2. The van der Waals surface area contributed by atoms with Gasteiger partial charge in [-0.3, -0.25) is 4.79 Å². The quantitative estimate of drug-likeness (QED) is 0.826. The van der Waals surface area contributed by atoms with Crippen LogP contribution in [0.4, 0.5) is 15.2 Å². The summed E-state index contributed by atoms with van der Waals surface area (Å²) in [6.07, 6.45) is 0.550. The molecule has 0 radical (unpaired) electrons. The fraction of sp³-hybridized carbons (Fsp3) is 0.389. The molecule has 0 atom stereocenters. The summed E-state index contributed by atoms with van der Waals surface area (Å²) in [7, 11) is 0. The second kappa shape index (κ2) is 7.02. The van der Waals surface area contributed by atoms with Crippen molar-refractivity contribution in [2.45, 2.75) is 12.8 Å². The Morgan fingerprint density at radius 2 is 2.15 bits per heavy atom. The molecule has 2 aliphatic rings. The predicted octanol–water partition coefficient (Wildman–Crippen LogP) is 2.12. The molecule has 0 aliphatic carbocycles.